The van der Waals surface area contributed by atoms with Crippen molar-refractivity contribution in [2.75, 3.05) is 17.6 Å². The Morgan fingerprint density at radius 3 is 2.32 bits per heavy atom. The molecule has 0 heterocycles. The summed E-state index contributed by atoms with van der Waals surface area (Å²) in [5.74, 6) is 0. The van der Waals surface area contributed by atoms with Gasteiger partial charge in [0.15, 0.2) is 0 Å². The highest BCUT2D eigenvalue weighted by atomic mass is 16.2. The number of hydrogen-bond acceptors (Lipinski definition) is 4. The van der Waals surface area contributed by atoms with Gasteiger partial charge in [-0.1, -0.05) is 54.6 Å². The molecule has 0 amide bonds. The lowest BCUT2D eigenvalue weighted by Crippen LogP contribution is -2.37. The molecule has 0 aliphatic rings. The van der Waals surface area contributed by atoms with Crippen LogP contribution in [0, 0.1) is 0 Å². The fraction of sp³-hybridized carbons (Fsp3) is 0.111. The number of anilines is 2. The monoisotopic (exact) mass is 292 g/mol. The molecule has 110 valence electrons. The van der Waals surface area contributed by atoms with Gasteiger partial charge in [0.2, 0.25) is 0 Å². The van der Waals surface area contributed by atoms with E-state index < -0.39 is 10.9 Å². The highest BCUT2D eigenvalue weighted by Gasteiger charge is 2.16. The Labute approximate surface area is 127 Å². The predicted molar refractivity (Wildman–Crippen MR) is 89.8 cm³/mol. The zero-order chi connectivity index (χ0) is 15.5. The molecular weight excluding hydrogens is 276 g/mol. The van der Waals surface area contributed by atoms with Crippen molar-refractivity contribution >= 4 is 11.4 Å². The van der Waals surface area contributed by atoms with Gasteiger partial charge in [-0.2, -0.15) is 0 Å². The van der Waals surface area contributed by atoms with Gasteiger partial charge in [0.05, 0.1) is 0 Å². The van der Waals surface area contributed by atoms with Gasteiger partial charge >= 0.3 is 0 Å². The fourth-order valence-electron chi connectivity index (χ4n) is 2.45. The van der Waals surface area contributed by atoms with Crippen LogP contribution in [0.1, 0.15) is 5.56 Å². The highest BCUT2D eigenvalue weighted by molar-refractivity contribution is 5.71. The van der Waals surface area contributed by atoms with Gasteiger partial charge in [-0.3, -0.25) is 9.59 Å². The second-order valence-electron chi connectivity index (χ2n) is 5.19. The summed E-state index contributed by atoms with van der Waals surface area (Å²) in [7, 11) is 0. The Bertz CT molecular complexity index is 862. The fourth-order valence-corrected chi connectivity index (χ4v) is 2.45. The van der Waals surface area contributed by atoms with Crippen molar-refractivity contribution in [3.63, 3.8) is 0 Å². The zero-order valence-electron chi connectivity index (χ0n) is 12.0. The Hall–Kier alpha value is -2.88. The lowest BCUT2D eigenvalue weighted by molar-refractivity contribution is 1.01. The summed E-state index contributed by atoms with van der Waals surface area (Å²) < 4.78 is 0. The quantitative estimate of drug-likeness (QED) is 0.707. The first kappa shape index (κ1) is 14.1. The molecule has 0 saturated heterocycles. The van der Waals surface area contributed by atoms with Crippen LogP contribution in [0.2, 0.25) is 0 Å². The van der Waals surface area contributed by atoms with E-state index in [0.717, 1.165) is 17.5 Å². The molecule has 4 nitrogen and oxygen atoms in total. The molecule has 3 aromatic carbocycles. The van der Waals surface area contributed by atoms with Crippen LogP contribution in [0.15, 0.2) is 64.2 Å². The number of nitrogens with one attached hydrogen (secondary N) is 1. The van der Waals surface area contributed by atoms with Crippen molar-refractivity contribution in [1.82, 2.24) is 0 Å². The van der Waals surface area contributed by atoms with E-state index in [-0.39, 0.29) is 11.4 Å². The van der Waals surface area contributed by atoms with Crippen molar-refractivity contribution in [1.29, 1.82) is 0 Å². The summed E-state index contributed by atoms with van der Waals surface area (Å²) in [6.07, 6.45) is 0.749. The standard InChI is InChI=1S/C18H16N2O2/c19-15-16(18(22)17(15)21)20-10-9-12-5-4-8-14(11-12)13-6-2-1-3-7-13/h1-8,11,20H,9-10,19H2. The average Bonchev–Trinajstić information content (AvgIpc) is 2.59. The first-order valence-electron chi connectivity index (χ1n) is 7.14. The molecule has 0 fully saturated rings. The van der Waals surface area contributed by atoms with Gasteiger partial charge in [-0.05, 0) is 23.1 Å². The van der Waals surface area contributed by atoms with E-state index in [1.807, 2.05) is 30.3 Å². The van der Waals surface area contributed by atoms with Crippen LogP contribution in [0.4, 0.5) is 11.4 Å². The summed E-state index contributed by atoms with van der Waals surface area (Å²) >= 11 is 0. The van der Waals surface area contributed by atoms with E-state index >= 15 is 0 Å². The SMILES string of the molecule is Nc1c(NCCc2cccc(-c3ccccc3)c2)c(=O)c1=O. The maximum absolute atomic E-state index is 11.3. The minimum atomic E-state index is -0.589. The zero-order valence-corrected chi connectivity index (χ0v) is 12.0. The number of benzene rings is 2. The molecule has 0 aliphatic heterocycles. The molecule has 0 radical (unpaired) electrons. The smallest absolute Gasteiger partial charge is 0.253 e. The van der Waals surface area contributed by atoms with Gasteiger partial charge < -0.3 is 11.1 Å². The molecule has 0 unspecified atom stereocenters. The molecule has 3 rings (SSSR count). The van der Waals surface area contributed by atoms with Crippen LogP contribution < -0.4 is 21.9 Å². The Kier molecular flexibility index (Phi) is 3.74. The Morgan fingerprint density at radius 1 is 0.864 bits per heavy atom. The first-order chi connectivity index (χ1) is 10.7. The van der Waals surface area contributed by atoms with Crippen molar-refractivity contribution in [3.8, 4) is 11.1 Å². The summed E-state index contributed by atoms with van der Waals surface area (Å²) in [6, 6.07) is 18.4. The Balaban J connectivity index is 1.67. The molecule has 4 heteroatoms. The van der Waals surface area contributed by atoms with Crippen LogP contribution >= 0.6 is 0 Å². The van der Waals surface area contributed by atoms with Crippen LogP contribution in [0.25, 0.3) is 11.1 Å². The maximum Gasteiger partial charge on any atom is 0.253 e. The molecule has 3 aromatic rings. The van der Waals surface area contributed by atoms with Crippen LogP contribution in [0.3, 0.4) is 0 Å². The number of nitrogen functional groups attached to an aromatic ring is 1. The van der Waals surface area contributed by atoms with Crippen molar-refractivity contribution in [3.05, 3.63) is 80.6 Å². The normalized spacial score (nSPS) is 10.7. The average molecular weight is 292 g/mol. The lowest BCUT2D eigenvalue weighted by atomic mass is 10.0. The third-order valence-electron chi connectivity index (χ3n) is 3.70. The third-order valence-corrected chi connectivity index (χ3v) is 3.70. The number of nitrogens with two attached hydrogens (primary N) is 1. The lowest BCUT2D eigenvalue weighted by Gasteiger charge is -2.10. The van der Waals surface area contributed by atoms with Crippen LogP contribution in [0.5, 0.6) is 0 Å². The minimum Gasteiger partial charge on any atom is -0.394 e. The molecule has 0 bridgehead atoms. The van der Waals surface area contributed by atoms with E-state index in [1.54, 1.807) is 0 Å². The van der Waals surface area contributed by atoms with E-state index in [4.69, 9.17) is 5.73 Å². The highest BCUT2D eigenvalue weighted by Crippen LogP contribution is 2.20. The van der Waals surface area contributed by atoms with Gasteiger partial charge in [-0.15, -0.1) is 0 Å². The van der Waals surface area contributed by atoms with E-state index in [1.165, 1.54) is 5.56 Å². The van der Waals surface area contributed by atoms with Gasteiger partial charge in [0, 0.05) is 6.54 Å². The maximum atomic E-state index is 11.3. The molecule has 0 aliphatic carbocycles. The van der Waals surface area contributed by atoms with E-state index in [2.05, 4.69) is 29.6 Å². The first-order valence-corrected chi connectivity index (χ1v) is 7.14. The third kappa shape index (κ3) is 2.63. The molecule has 0 spiro atoms. The van der Waals surface area contributed by atoms with Gasteiger partial charge in [0.1, 0.15) is 11.4 Å². The topological polar surface area (TPSA) is 72.2 Å². The summed E-state index contributed by atoms with van der Waals surface area (Å²) in [5.41, 5.74) is 8.16. The molecule has 22 heavy (non-hydrogen) atoms. The molecule has 0 atom stereocenters. The van der Waals surface area contributed by atoms with E-state index in [0.29, 0.717) is 6.54 Å². The molecule has 0 saturated carbocycles. The Morgan fingerprint density at radius 2 is 1.59 bits per heavy atom. The molecular formula is C18H16N2O2. The second-order valence-corrected chi connectivity index (χ2v) is 5.19. The van der Waals surface area contributed by atoms with Crippen LogP contribution in [-0.4, -0.2) is 6.54 Å². The summed E-state index contributed by atoms with van der Waals surface area (Å²) in [6.45, 7) is 0.563. The van der Waals surface area contributed by atoms with Crippen molar-refractivity contribution in [2.45, 2.75) is 6.42 Å². The number of hydrogen-bond donors (Lipinski definition) is 2. The summed E-state index contributed by atoms with van der Waals surface area (Å²) in [5, 5.41) is 2.94. The van der Waals surface area contributed by atoms with E-state index in [9.17, 15) is 9.59 Å². The van der Waals surface area contributed by atoms with Crippen molar-refractivity contribution in [2.24, 2.45) is 0 Å². The summed E-state index contributed by atoms with van der Waals surface area (Å²) in [4.78, 5) is 22.3. The van der Waals surface area contributed by atoms with Gasteiger partial charge in [0.25, 0.3) is 10.9 Å². The second kappa shape index (κ2) is 5.85. The largest absolute Gasteiger partial charge is 0.394 e. The van der Waals surface area contributed by atoms with Gasteiger partial charge in [-0.25, -0.2) is 0 Å². The van der Waals surface area contributed by atoms with Crippen molar-refractivity contribution < 1.29 is 0 Å². The minimum absolute atomic E-state index is 0.0445. The molecule has 3 N–H and O–H groups in total. The predicted octanol–water partition coefficient (Wildman–Crippen LogP) is 2.19. The molecule has 0 aromatic heterocycles. The van der Waals surface area contributed by atoms with Crippen LogP contribution in [-0.2, 0) is 6.42 Å². The number of rotatable bonds is 5.